The predicted molar refractivity (Wildman–Crippen MR) is 114 cm³/mol. The normalized spacial score (nSPS) is 11.7. The molecule has 3 aromatic rings. The van der Waals surface area contributed by atoms with Gasteiger partial charge in [0.15, 0.2) is 0 Å². The zero-order valence-electron chi connectivity index (χ0n) is 17.2. The van der Waals surface area contributed by atoms with E-state index in [9.17, 15) is 9.59 Å². The number of para-hydroxylation sites is 1. The molecule has 1 atom stereocenters. The van der Waals surface area contributed by atoms with Crippen LogP contribution in [0.3, 0.4) is 0 Å². The molecule has 6 heteroatoms. The van der Waals surface area contributed by atoms with Gasteiger partial charge in [-0.05, 0) is 57.0 Å². The molecule has 0 bridgehead atoms. The third-order valence-corrected chi connectivity index (χ3v) is 4.85. The van der Waals surface area contributed by atoms with Crippen molar-refractivity contribution < 1.29 is 9.59 Å². The molecule has 2 amide bonds. The van der Waals surface area contributed by atoms with Gasteiger partial charge in [0.25, 0.3) is 5.91 Å². The molecule has 0 saturated heterocycles. The monoisotopic (exact) mass is 390 g/mol. The number of aryl methyl sites for hydroxylation is 2. The van der Waals surface area contributed by atoms with Crippen LogP contribution in [-0.4, -0.2) is 34.2 Å². The van der Waals surface area contributed by atoms with Crippen LogP contribution in [0.1, 0.15) is 35.3 Å². The first-order chi connectivity index (χ1) is 13.9. The average Bonchev–Trinajstić information content (AvgIpc) is 3.16. The van der Waals surface area contributed by atoms with Gasteiger partial charge >= 0.3 is 0 Å². The number of amides is 2. The van der Waals surface area contributed by atoms with Gasteiger partial charge in [0.2, 0.25) is 5.91 Å². The molecular weight excluding hydrogens is 364 g/mol. The number of benzene rings is 2. The molecule has 0 aliphatic carbocycles. The highest BCUT2D eigenvalue weighted by Crippen LogP contribution is 2.26. The van der Waals surface area contributed by atoms with Crippen LogP contribution in [0.2, 0.25) is 0 Å². The summed E-state index contributed by atoms with van der Waals surface area (Å²) in [6.45, 7) is 8.10. The molecule has 0 saturated carbocycles. The van der Waals surface area contributed by atoms with Crippen LogP contribution in [-0.2, 0) is 4.79 Å². The van der Waals surface area contributed by atoms with Crippen LogP contribution in [0.5, 0.6) is 0 Å². The van der Waals surface area contributed by atoms with Gasteiger partial charge in [0.1, 0.15) is 11.7 Å². The molecule has 0 radical (unpaired) electrons. The van der Waals surface area contributed by atoms with E-state index in [1.54, 1.807) is 17.8 Å². The number of likely N-dealkylation sites (N-methyl/N-ethyl adjacent to an activating group) is 1. The number of carbonyl (C=O) groups excluding carboxylic acids is 2. The predicted octanol–water partition coefficient (Wildman–Crippen LogP) is 3.41. The summed E-state index contributed by atoms with van der Waals surface area (Å²) in [5.74, 6) is -0.553. The molecule has 1 aromatic heterocycles. The number of rotatable bonds is 6. The lowest BCUT2D eigenvalue weighted by atomic mass is 10.0. The second kappa shape index (κ2) is 8.73. The van der Waals surface area contributed by atoms with Crippen molar-refractivity contribution in [3.63, 3.8) is 0 Å². The largest absolute Gasteiger partial charge is 0.355 e. The van der Waals surface area contributed by atoms with Crippen molar-refractivity contribution >= 4 is 11.8 Å². The Morgan fingerprint density at radius 3 is 2.45 bits per heavy atom. The SMILES string of the molecule is CCNC(=O)[C@@H](C)NC(=O)c1cn(-c2ccccc2)nc1-c1ccc(C)c(C)c1. The molecule has 2 N–H and O–H groups in total. The third kappa shape index (κ3) is 4.54. The van der Waals surface area contributed by atoms with E-state index in [0.29, 0.717) is 17.8 Å². The van der Waals surface area contributed by atoms with Gasteiger partial charge in [0.05, 0.1) is 11.3 Å². The van der Waals surface area contributed by atoms with Crippen molar-refractivity contribution in [1.29, 1.82) is 0 Å². The fourth-order valence-electron chi connectivity index (χ4n) is 3.02. The summed E-state index contributed by atoms with van der Waals surface area (Å²) in [7, 11) is 0. The summed E-state index contributed by atoms with van der Waals surface area (Å²) in [6, 6.07) is 15.0. The second-order valence-electron chi connectivity index (χ2n) is 7.06. The van der Waals surface area contributed by atoms with Gasteiger partial charge in [-0.2, -0.15) is 5.10 Å². The highest BCUT2D eigenvalue weighted by atomic mass is 16.2. The summed E-state index contributed by atoms with van der Waals surface area (Å²) in [5.41, 5.74) is 5.02. The van der Waals surface area contributed by atoms with E-state index >= 15 is 0 Å². The maximum Gasteiger partial charge on any atom is 0.255 e. The van der Waals surface area contributed by atoms with Gasteiger partial charge in [0, 0.05) is 18.3 Å². The maximum absolute atomic E-state index is 13.0. The van der Waals surface area contributed by atoms with Gasteiger partial charge in [-0.1, -0.05) is 30.3 Å². The third-order valence-electron chi connectivity index (χ3n) is 4.85. The molecule has 0 spiro atoms. The Balaban J connectivity index is 2.02. The number of carbonyl (C=O) groups is 2. The van der Waals surface area contributed by atoms with Gasteiger partial charge < -0.3 is 10.6 Å². The Labute approximate surface area is 170 Å². The zero-order chi connectivity index (χ0) is 21.0. The minimum absolute atomic E-state index is 0.218. The van der Waals surface area contributed by atoms with Crippen LogP contribution in [0, 0.1) is 13.8 Å². The Bertz CT molecular complexity index is 1020. The summed E-state index contributed by atoms with van der Waals surface area (Å²) < 4.78 is 1.69. The number of nitrogens with zero attached hydrogens (tertiary/aromatic N) is 2. The average molecular weight is 390 g/mol. The van der Waals surface area contributed by atoms with E-state index in [0.717, 1.165) is 16.8 Å². The van der Waals surface area contributed by atoms with Gasteiger partial charge in [-0.25, -0.2) is 4.68 Å². The molecule has 0 fully saturated rings. The fraction of sp³-hybridized carbons (Fsp3) is 0.261. The van der Waals surface area contributed by atoms with Crippen molar-refractivity contribution in [3.8, 4) is 16.9 Å². The van der Waals surface area contributed by atoms with E-state index in [1.165, 1.54) is 5.56 Å². The molecule has 1 heterocycles. The van der Waals surface area contributed by atoms with Crippen LogP contribution < -0.4 is 10.6 Å². The summed E-state index contributed by atoms with van der Waals surface area (Å²) in [5, 5.41) is 10.2. The van der Waals surface area contributed by atoms with Gasteiger partial charge in [-0.3, -0.25) is 9.59 Å². The minimum Gasteiger partial charge on any atom is -0.355 e. The maximum atomic E-state index is 13.0. The molecule has 0 aliphatic rings. The molecule has 150 valence electrons. The van der Waals surface area contributed by atoms with Crippen molar-refractivity contribution in [3.05, 3.63) is 71.4 Å². The molecule has 29 heavy (non-hydrogen) atoms. The number of hydrogen-bond donors (Lipinski definition) is 2. The number of nitrogens with one attached hydrogen (secondary N) is 2. The van der Waals surface area contributed by atoms with E-state index in [2.05, 4.69) is 15.7 Å². The Hall–Kier alpha value is -3.41. The summed E-state index contributed by atoms with van der Waals surface area (Å²) in [4.78, 5) is 25.0. The molecule has 0 unspecified atom stereocenters. The fourth-order valence-corrected chi connectivity index (χ4v) is 3.02. The van der Waals surface area contributed by atoms with Crippen molar-refractivity contribution in [1.82, 2.24) is 20.4 Å². The molecule has 2 aromatic carbocycles. The summed E-state index contributed by atoms with van der Waals surface area (Å²) >= 11 is 0. The van der Waals surface area contributed by atoms with Crippen molar-refractivity contribution in [2.24, 2.45) is 0 Å². The standard InChI is InChI=1S/C23H26N4O2/c1-5-24-22(28)17(4)25-23(29)20-14-27(19-9-7-6-8-10-19)26-21(20)18-12-11-15(2)16(3)13-18/h6-14,17H,5H2,1-4H3,(H,24,28)(H,25,29)/t17-/m1/s1. The quantitative estimate of drug-likeness (QED) is 0.677. The summed E-state index contributed by atoms with van der Waals surface area (Å²) in [6.07, 6.45) is 1.71. The first-order valence-electron chi connectivity index (χ1n) is 9.72. The minimum atomic E-state index is -0.643. The van der Waals surface area contributed by atoms with Gasteiger partial charge in [-0.15, -0.1) is 0 Å². The second-order valence-corrected chi connectivity index (χ2v) is 7.06. The number of aromatic nitrogens is 2. The van der Waals surface area contributed by atoms with E-state index in [-0.39, 0.29) is 11.8 Å². The van der Waals surface area contributed by atoms with Crippen LogP contribution >= 0.6 is 0 Å². The van der Waals surface area contributed by atoms with Crippen LogP contribution in [0.15, 0.2) is 54.7 Å². The zero-order valence-corrected chi connectivity index (χ0v) is 17.2. The molecule has 0 aliphatic heterocycles. The molecular formula is C23H26N4O2. The topological polar surface area (TPSA) is 76.0 Å². The molecule has 3 rings (SSSR count). The van der Waals surface area contributed by atoms with Crippen LogP contribution in [0.4, 0.5) is 0 Å². The van der Waals surface area contributed by atoms with E-state index in [4.69, 9.17) is 0 Å². The first-order valence-corrected chi connectivity index (χ1v) is 9.72. The van der Waals surface area contributed by atoms with E-state index in [1.807, 2.05) is 69.3 Å². The Morgan fingerprint density at radius 2 is 1.79 bits per heavy atom. The van der Waals surface area contributed by atoms with Crippen molar-refractivity contribution in [2.75, 3.05) is 6.54 Å². The number of hydrogen-bond acceptors (Lipinski definition) is 3. The van der Waals surface area contributed by atoms with Crippen molar-refractivity contribution in [2.45, 2.75) is 33.7 Å². The van der Waals surface area contributed by atoms with E-state index < -0.39 is 6.04 Å². The highest BCUT2D eigenvalue weighted by molar-refractivity contribution is 6.02. The smallest absolute Gasteiger partial charge is 0.255 e. The first kappa shape index (κ1) is 20.3. The lowest BCUT2D eigenvalue weighted by molar-refractivity contribution is -0.122. The highest BCUT2D eigenvalue weighted by Gasteiger charge is 2.22. The lowest BCUT2D eigenvalue weighted by Gasteiger charge is -2.13. The lowest BCUT2D eigenvalue weighted by Crippen LogP contribution is -2.44. The Kier molecular flexibility index (Phi) is 6.12. The molecule has 6 nitrogen and oxygen atoms in total. The van der Waals surface area contributed by atoms with Crippen LogP contribution in [0.25, 0.3) is 16.9 Å². The Morgan fingerprint density at radius 1 is 1.07 bits per heavy atom.